The molecule has 3 nitrogen and oxygen atoms in total. The van der Waals surface area contributed by atoms with Gasteiger partial charge in [-0.1, -0.05) is 44.2 Å². The van der Waals surface area contributed by atoms with Crippen molar-refractivity contribution < 1.29 is 4.79 Å². The van der Waals surface area contributed by atoms with Crippen LogP contribution < -0.4 is 5.73 Å². The second-order valence-electron chi connectivity index (χ2n) is 3.59. The Labute approximate surface area is 103 Å². The van der Waals surface area contributed by atoms with Gasteiger partial charge in [0.2, 0.25) is 5.91 Å². The fourth-order valence-corrected chi connectivity index (χ4v) is 1.58. The number of carbonyl (C=O) groups excluding carboxylic acids is 1. The molecule has 0 saturated heterocycles. The van der Waals surface area contributed by atoms with Gasteiger partial charge in [-0.15, -0.1) is 0 Å². The number of benzene rings is 1. The summed E-state index contributed by atoms with van der Waals surface area (Å²) in [5, 5.41) is 8.63. The third-order valence-electron chi connectivity index (χ3n) is 2.24. The molecular weight excluding hydrogens is 212 g/mol. The molecular formula is C14H20N2O. The number of hydrogen-bond donors (Lipinski definition) is 1. The summed E-state index contributed by atoms with van der Waals surface area (Å²) in [5.74, 6) is -0.305. The van der Waals surface area contributed by atoms with Crippen LogP contribution >= 0.6 is 0 Å². The molecule has 0 aliphatic carbocycles. The zero-order chi connectivity index (χ0) is 13.1. The third kappa shape index (κ3) is 7.13. The van der Waals surface area contributed by atoms with Crippen LogP contribution in [-0.4, -0.2) is 5.91 Å². The molecule has 1 amide bonds. The highest BCUT2D eigenvalue weighted by atomic mass is 16.1. The molecule has 1 aromatic carbocycles. The van der Waals surface area contributed by atoms with Crippen LogP contribution in [-0.2, 0) is 11.2 Å². The Balaban J connectivity index is 0.00000121. The average molecular weight is 232 g/mol. The lowest BCUT2D eigenvalue weighted by molar-refractivity contribution is -0.118. The first kappa shape index (κ1) is 15.2. The zero-order valence-electron chi connectivity index (χ0n) is 10.5. The van der Waals surface area contributed by atoms with Crippen molar-refractivity contribution in [3.8, 4) is 6.07 Å². The van der Waals surface area contributed by atoms with Gasteiger partial charge in [0.25, 0.3) is 0 Å². The quantitative estimate of drug-likeness (QED) is 0.848. The van der Waals surface area contributed by atoms with E-state index in [1.165, 1.54) is 0 Å². The molecule has 0 aliphatic heterocycles. The van der Waals surface area contributed by atoms with Crippen molar-refractivity contribution in [2.24, 2.45) is 11.7 Å². The molecule has 1 unspecified atom stereocenters. The van der Waals surface area contributed by atoms with Gasteiger partial charge in [0.1, 0.15) is 0 Å². The van der Waals surface area contributed by atoms with Crippen molar-refractivity contribution in [2.75, 3.05) is 0 Å². The normalized spacial score (nSPS) is 10.6. The average Bonchev–Trinajstić information content (AvgIpc) is 2.32. The van der Waals surface area contributed by atoms with Crippen LogP contribution in [0.15, 0.2) is 30.3 Å². The Bertz CT molecular complexity index is 354. The lowest BCUT2D eigenvalue weighted by Crippen LogP contribution is -2.17. The van der Waals surface area contributed by atoms with Gasteiger partial charge in [-0.25, -0.2) is 0 Å². The van der Waals surface area contributed by atoms with Crippen LogP contribution in [0.5, 0.6) is 0 Å². The minimum atomic E-state index is -0.341. The molecule has 1 rings (SSSR count). The van der Waals surface area contributed by atoms with Gasteiger partial charge in [-0.05, 0) is 17.9 Å². The summed E-state index contributed by atoms with van der Waals surface area (Å²) in [4.78, 5) is 10.8. The maximum atomic E-state index is 10.8. The monoisotopic (exact) mass is 232 g/mol. The van der Waals surface area contributed by atoms with Crippen molar-refractivity contribution in [2.45, 2.75) is 33.1 Å². The Morgan fingerprint density at radius 1 is 1.35 bits per heavy atom. The Hall–Kier alpha value is -1.82. The van der Waals surface area contributed by atoms with Gasteiger partial charge in [-0.3, -0.25) is 4.79 Å². The molecule has 0 saturated carbocycles. The van der Waals surface area contributed by atoms with E-state index in [1.807, 2.05) is 44.2 Å². The van der Waals surface area contributed by atoms with Crippen molar-refractivity contribution in [1.29, 1.82) is 5.26 Å². The molecule has 0 fully saturated rings. The van der Waals surface area contributed by atoms with E-state index in [4.69, 9.17) is 11.0 Å². The van der Waals surface area contributed by atoms with Crippen LogP contribution in [0, 0.1) is 17.2 Å². The van der Waals surface area contributed by atoms with Crippen LogP contribution in [0.4, 0.5) is 0 Å². The van der Waals surface area contributed by atoms with E-state index in [2.05, 4.69) is 6.07 Å². The van der Waals surface area contributed by atoms with E-state index in [-0.39, 0.29) is 18.2 Å². The summed E-state index contributed by atoms with van der Waals surface area (Å²) in [6.07, 6.45) is 1.39. The Morgan fingerprint density at radius 3 is 2.41 bits per heavy atom. The minimum absolute atomic E-state index is 0.0369. The SMILES string of the molecule is CC.N#CCC(CC(N)=O)Cc1ccccc1. The fraction of sp³-hybridized carbons (Fsp3) is 0.429. The standard InChI is InChI=1S/C12H14N2O.C2H6/c13-7-6-11(9-12(14)15)8-10-4-2-1-3-5-10;1-2/h1-5,11H,6,8-9H2,(H2,14,15);1-2H3. The molecule has 0 aromatic heterocycles. The van der Waals surface area contributed by atoms with Crippen molar-refractivity contribution >= 4 is 5.91 Å². The van der Waals surface area contributed by atoms with E-state index in [9.17, 15) is 4.79 Å². The van der Waals surface area contributed by atoms with Crippen LogP contribution in [0.2, 0.25) is 0 Å². The largest absolute Gasteiger partial charge is 0.370 e. The molecule has 17 heavy (non-hydrogen) atoms. The van der Waals surface area contributed by atoms with Crippen molar-refractivity contribution in [3.63, 3.8) is 0 Å². The molecule has 0 spiro atoms. The molecule has 1 atom stereocenters. The number of nitriles is 1. The number of nitrogens with two attached hydrogens (primary N) is 1. The van der Waals surface area contributed by atoms with Crippen LogP contribution in [0.25, 0.3) is 0 Å². The molecule has 0 bridgehead atoms. The number of nitrogens with zero attached hydrogens (tertiary/aromatic N) is 1. The lowest BCUT2D eigenvalue weighted by Gasteiger charge is -2.10. The van der Waals surface area contributed by atoms with Crippen molar-refractivity contribution in [3.05, 3.63) is 35.9 Å². The number of hydrogen-bond acceptors (Lipinski definition) is 2. The number of amides is 1. The van der Waals surface area contributed by atoms with Crippen LogP contribution in [0.3, 0.4) is 0 Å². The van der Waals surface area contributed by atoms with Gasteiger partial charge >= 0.3 is 0 Å². The summed E-state index contributed by atoms with van der Waals surface area (Å²) in [7, 11) is 0. The first-order valence-electron chi connectivity index (χ1n) is 5.91. The molecule has 2 N–H and O–H groups in total. The Morgan fingerprint density at radius 2 is 1.94 bits per heavy atom. The maximum Gasteiger partial charge on any atom is 0.217 e. The van der Waals surface area contributed by atoms with Gasteiger partial charge < -0.3 is 5.73 Å². The molecule has 0 aliphatic rings. The summed E-state index contributed by atoms with van der Waals surface area (Å²) in [6, 6.07) is 11.9. The predicted molar refractivity (Wildman–Crippen MR) is 69.0 cm³/mol. The van der Waals surface area contributed by atoms with Gasteiger partial charge in [0.15, 0.2) is 0 Å². The summed E-state index contributed by atoms with van der Waals surface area (Å²) in [5.41, 5.74) is 6.27. The Kier molecular flexibility index (Phi) is 8.40. The minimum Gasteiger partial charge on any atom is -0.370 e. The topological polar surface area (TPSA) is 66.9 Å². The first-order valence-corrected chi connectivity index (χ1v) is 5.91. The smallest absolute Gasteiger partial charge is 0.217 e. The van der Waals surface area contributed by atoms with E-state index in [1.54, 1.807) is 0 Å². The molecule has 0 heterocycles. The van der Waals surface area contributed by atoms with Crippen LogP contribution in [0.1, 0.15) is 32.3 Å². The first-order chi connectivity index (χ1) is 8.22. The van der Waals surface area contributed by atoms with Crippen molar-refractivity contribution in [1.82, 2.24) is 0 Å². The van der Waals surface area contributed by atoms with E-state index in [0.717, 1.165) is 12.0 Å². The van der Waals surface area contributed by atoms with E-state index < -0.39 is 0 Å². The summed E-state index contributed by atoms with van der Waals surface area (Å²) in [6.45, 7) is 4.00. The van der Waals surface area contributed by atoms with Gasteiger partial charge in [0, 0.05) is 12.8 Å². The second-order valence-corrected chi connectivity index (χ2v) is 3.59. The zero-order valence-corrected chi connectivity index (χ0v) is 10.5. The molecule has 3 heteroatoms. The van der Waals surface area contributed by atoms with Gasteiger partial charge in [-0.2, -0.15) is 5.26 Å². The predicted octanol–water partition coefficient (Wildman–Crippen LogP) is 2.66. The second kappa shape index (κ2) is 9.41. The number of rotatable bonds is 5. The highest BCUT2D eigenvalue weighted by molar-refractivity contribution is 5.74. The highest BCUT2D eigenvalue weighted by Crippen LogP contribution is 2.15. The van der Waals surface area contributed by atoms with E-state index >= 15 is 0 Å². The van der Waals surface area contributed by atoms with E-state index in [0.29, 0.717) is 6.42 Å². The maximum absolute atomic E-state index is 10.8. The summed E-state index contributed by atoms with van der Waals surface area (Å²) < 4.78 is 0. The fourth-order valence-electron chi connectivity index (χ4n) is 1.58. The number of carbonyl (C=O) groups is 1. The molecule has 1 aromatic rings. The molecule has 92 valence electrons. The molecule has 0 radical (unpaired) electrons. The summed E-state index contributed by atoms with van der Waals surface area (Å²) >= 11 is 0. The number of primary amides is 1. The lowest BCUT2D eigenvalue weighted by atomic mass is 9.93. The van der Waals surface area contributed by atoms with Gasteiger partial charge in [0.05, 0.1) is 6.07 Å². The highest BCUT2D eigenvalue weighted by Gasteiger charge is 2.12. The third-order valence-corrected chi connectivity index (χ3v) is 2.24.